The quantitative estimate of drug-likeness (QED) is 0.529. The number of cyclic esters (lactones) is 1. The Balaban J connectivity index is 2.44. The normalized spacial score (nSPS) is 28.1. The summed E-state index contributed by atoms with van der Waals surface area (Å²) in [5.74, 6) is -1.88. The molecule has 0 bridgehead atoms. The summed E-state index contributed by atoms with van der Waals surface area (Å²) in [4.78, 5) is 24.8. The van der Waals surface area contributed by atoms with Gasteiger partial charge in [-0.15, -0.1) is 0 Å². The van der Waals surface area contributed by atoms with E-state index in [1.54, 1.807) is 20.8 Å². The number of hydrogen-bond acceptors (Lipinski definition) is 8. The van der Waals surface area contributed by atoms with Crippen molar-refractivity contribution in [2.75, 3.05) is 6.61 Å². The molecule has 2 unspecified atom stereocenters. The van der Waals surface area contributed by atoms with Crippen LogP contribution in [-0.4, -0.2) is 63.2 Å². The third-order valence-electron chi connectivity index (χ3n) is 5.17. The maximum atomic E-state index is 12.8. The van der Waals surface area contributed by atoms with Crippen molar-refractivity contribution in [2.24, 2.45) is 5.92 Å². The average Bonchev–Trinajstić information content (AvgIpc) is 2.73. The van der Waals surface area contributed by atoms with E-state index in [9.17, 15) is 30.0 Å². The molecule has 4 N–H and O–H groups in total. The van der Waals surface area contributed by atoms with E-state index in [1.165, 1.54) is 30.4 Å². The lowest BCUT2D eigenvalue weighted by atomic mass is 9.99. The van der Waals surface area contributed by atoms with Gasteiger partial charge in [-0.05, 0) is 37.5 Å². The third-order valence-corrected chi connectivity index (χ3v) is 5.17. The van der Waals surface area contributed by atoms with Crippen molar-refractivity contribution in [3.05, 3.63) is 41.5 Å². The minimum Gasteiger partial charge on any atom is -0.507 e. The number of ketones is 1. The zero-order chi connectivity index (χ0) is 23.1. The molecule has 170 valence electrons. The molecule has 1 aliphatic rings. The van der Waals surface area contributed by atoms with Crippen molar-refractivity contribution in [2.45, 2.75) is 58.0 Å². The molecule has 1 aliphatic heterocycles. The molecule has 0 aliphatic carbocycles. The molecule has 8 nitrogen and oxygen atoms in total. The second-order valence-electron chi connectivity index (χ2n) is 7.66. The Morgan fingerprint density at radius 3 is 2.58 bits per heavy atom. The van der Waals surface area contributed by atoms with Gasteiger partial charge < -0.3 is 29.9 Å². The molecule has 0 spiro atoms. The zero-order valence-electron chi connectivity index (χ0n) is 17.9. The first-order valence-electron chi connectivity index (χ1n) is 10.3. The van der Waals surface area contributed by atoms with Crippen molar-refractivity contribution in [1.29, 1.82) is 0 Å². The average molecular weight is 434 g/mol. The van der Waals surface area contributed by atoms with Gasteiger partial charge in [0.05, 0.1) is 12.2 Å². The van der Waals surface area contributed by atoms with Crippen molar-refractivity contribution >= 4 is 17.8 Å². The number of hydrogen-bond donors (Lipinski definition) is 4. The van der Waals surface area contributed by atoms with E-state index in [-0.39, 0.29) is 41.6 Å². The summed E-state index contributed by atoms with van der Waals surface area (Å²) in [6.07, 6.45) is 1.78. The van der Waals surface area contributed by atoms with Gasteiger partial charge in [-0.25, -0.2) is 4.79 Å². The SMILES string of the molecule is CCC(O)COc1cc(O)c2c(c1)/C=C/C[C@H](O)C(O)C(=O)/C=C\[C@@H](C)[C@H](C)OC2=O. The third kappa shape index (κ3) is 6.65. The lowest BCUT2D eigenvalue weighted by Crippen LogP contribution is -2.32. The van der Waals surface area contributed by atoms with Crippen LogP contribution in [0, 0.1) is 5.92 Å². The summed E-state index contributed by atoms with van der Waals surface area (Å²) in [6.45, 7) is 5.18. The number of benzene rings is 1. The van der Waals surface area contributed by atoms with Gasteiger partial charge in [-0.2, -0.15) is 0 Å². The number of rotatable bonds is 4. The standard InChI is InChI=1S/C23H30O8/c1-4-16(24)12-30-17-10-15-6-5-7-18(25)22(28)19(26)9-8-13(2)14(3)31-23(29)21(15)20(27)11-17/h5-6,8-11,13-14,16,18,22,24-25,27-28H,4,7,12H2,1-3H3/b6-5+,9-8-/t13-,14+,16?,18+,22?/m1/s1. The number of fused-ring (bicyclic) bond motifs is 1. The number of ether oxygens (including phenoxy) is 2. The van der Waals surface area contributed by atoms with Crippen molar-refractivity contribution in [1.82, 2.24) is 0 Å². The Morgan fingerprint density at radius 1 is 1.19 bits per heavy atom. The first-order valence-corrected chi connectivity index (χ1v) is 10.3. The first kappa shape index (κ1) is 24.6. The topological polar surface area (TPSA) is 134 Å². The van der Waals surface area contributed by atoms with Gasteiger partial charge in [0.1, 0.15) is 35.9 Å². The van der Waals surface area contributed by atoms with Crippen LogP contribution in [0.5, 0.6) is 11.5 Å². The summed E-state index contributed by atoms with van der Waals surface area (Å²) in [7, 11) is 0. The van der Waals surface area contributed by atoms with Crippen LogP contribution in [0.4, 0.5) is 0 Å². The first-order chi connectivity index (χ1) is 14.6. The maximum Gasteiger partial charge on any atom is 0.342 e. The van der Waals surface area contributed by atoms with E-state index in [0.29, 0.717) is 6.42 Å². The van der Waals surface area contributed by atoms with E-state index >= 15 is 0 Å². The number of carbonyl (C=O) groups is 2. The highest BCUT2D eigenvalue weighted by Crippen LogP contribution is 2.31. The zero-order valence-corrected chi connectivity index (χ0v) is 17.9. The number of esters is 1. The molecule has 0 radical (unpaired) electrons. The Morgan fingerprint density at radius 2 is 1.90 bits per heavy atom. The number of phenols is 1. The molecule has 0 saturated heterocycles. The molecule has 0 saturated carbocycles. The molecule has 1 aromatic rings. The molecular weight excluding hydrogens is 404 g/mol. The summed E-state index contributed by atoms with van der Waals surface area (Å²) < 4.78 is 11.0. The molecule has 31 heavy (non-hydrogen) atoms. The fraction of sp³-hybridized carbons (Fsp3) is 0.478. The van der Waals surface area contributed by atoms with Crippen LogP contribution in [0.25, 0.3) is 6.08 Å². The van der Waals surface area contributed by atoms with Gasteiger partial charge in [0.15, 0.2) is 5.78 Å². The van der Waals surface area contributed by atoms with Crippen molar-refractivity contribution < 1.29 is 39.5 Å². The van der Waals surface area contributed by atoms with Gasteiger partial charge in [-0.1, -0.05) is 32.1 Å². The highest BCUT2D eigenvalue weighted by atomic mass is 16.5. The van der Waals surface area contributed by atoms with E-state index in [4.69, 9.17) is 9.47 Å². The van der Waals surface area contributed by atoms with Gasteiger partial charge in [0.2, 0.25) is 0 Å². The lowest BCUT2D eigenvalue weighted by Gasteiger charge is -2.20. The number of carbonyl (C=O) groups excluding carboxylic acids is 2. The molecule has 2 rings (SSSR count). The van der Waals surface area contributed by atoms with Crippen LogP contribution in [0.15, 0.2) is 30.4 Å². The van der Waals surface area contributed by atoms with Crippen molar-refractivity contribution in [3.63, 3.8) is 0 Å². The Kier molecular flexibility index (Phi) is 8.79. The number of phenolic OH excluding ortho intramolecular Hbond substituents is 1. The molecule has 8 heteroatoms. The number of aromatic hydroxyl groups is 1. The maximum absolute atomic E-state index is 12.8. The monoisotopic (exact) mass is 434 g/mol. The van der Waals surface area contributed by atoms with Gasteiger partial charge >= 0.3 is 5.97 Å². The number of aliphatic hydroxyl groups is 3. The van der Waals surface area contributed by atoms with Crippen LogP contribution < -0.4 is 4.74 Å². The van der Waals surface area contributed by atoms with Crippen LogP contribution in [-0.2, 0) is 9.53 Å². The predicted molar refractivity (Wildman–Crippen MR) is 114 cm³/mol. The van der Waals surface area contributed by atoms with Crippen LogP contribution in [0.1, 0.15) is 49.5 Å². The fourth-order valence-corrected chi connectivity index (χ4v) is 2.86. The Hall–Kier alpha value is -2.68. The highest BCUT2D eigenvalue weighted by Gasteiger charge is 2.25. The molecule has 0 amide bonds. The number of aliphatic hydroxyl groups excluding tert-OH is 3. The molecule has 5 atom stereocenters. The second kappa shape index (κ2) is 11.1. The van der Waals surface area contributed by atoms with Crippen LogP contribution >= 0.6 is 0 Å². The fourth-order valence-electron chi connectivity index (χ4n) is 2.86. The predicted octanol–water partition coefficient (Wildman–Crippen LogP) is 1.99. The van der Waals surface area contributed by atoms with E-state index in [2.05, 4.69) is 0 Å². The minimum atomic E-state index is -1.59. The lowest BCUT2D eigenvalue weighted by molar-refractivity contribution is -0.127. The minimum absolute atomic E-state index is 0.0107. The Bertz CT molecular complexity index is 844. The van der Waals surface area contributed by atoms with Gasteiger partial charge in [0.25, 0.3) is 0 Å². The molecule has 1 aromatic carbocycles. The van der Waals surface area contributed by atoms with Gasteiger partial charge in [0, 0.05) is 12.0 Å². The van der Waals surface area contributed by atoms with Crippen LogP contribution in [0.2, 0.25) is 0 Å². The smallest absolute Gasteiger partial charge is 0.342 e. The Labute approximate surface area is 181 Å². The van der Waals surface area contributed by atoms with E-state index in [1.807, 2.05) is 0 Å². The van der Waals surface area contributed by atoms with Crippen molar-refractivity contribution in [3.8, 4) is 11.5 Å². The largest absolute Gasteiger partial charge is 0.507 e. The molecule has 0 fully saturated rings. The summed E-state index contributed by atoms with van der Waals surface area (Å²) in [6, 6.07) is 2.77. The van der Waals surface area contributed by atoms with E-state index < -0.39 is 36.2 Å². The summed E-state index contributed by atoms with van der Waals surface area (Å²) >= 11 is 0. The highest BCUT2D eigenvalue weighted by molar-refractivity contribution is 5.97. The summed E-state index contributed by atoms with van der Waals surface area (Å²) in [5, 5.41) is 40.3. The summed E-state index contributed by atoms with van der Waals surface area (Å²) in [5.41, 5.74) is 0.192. The van der Waals surface area contributed by atoms with E-state index in [0.717, 1.165) is 6.08 Å². The van der Waals surface area contributed by atoms with Crippen LogP contribution in [0.3, 0.4) is 0 Å². The molecular formula is C23H30O8. The van der Waals surface area contributed by atoms with Gasteiger partial charge in [-0.3, -0.25) is 4.79 Å². The molecule has 1 heterocycles. The second-order valence-corrected chi connectivity index (χ2v) is 7.66. The molecule has 0 aromatic heterocycles.